The molecule has 8 rings (SSSR count). The van der Waals surface area contributed by atoms with Gasteiger partial charge in [-0.1, -0.05) is 43.7 Å². The number of piperidine rings is 1. The van der Waals surface area contributed by atoms with Gasteiger partial charge in [0, 0.05) is 87.8 Å². The molecule has 2 aromatic rings. The molecule has 3 fully saturated rings. The number of rotatable bonds is 3. The molecule has 4 aliphatic heterocycles. The predicted molar refractivity (Wildman–Crippen MR) is 216 cm³/mol. The van der Waals surface area contributed by atoms with Gasteiger partial charge in [0.1, 0.15) is 11.4 Å². The van der Waals surface area contributed by atoms with Crippen LogP contribution in [0.3, 0.4) is 0 Å². The Labute approximate surface area is 336 Å². The van der Waals surface area contributed by atoms with Gasteiger partial charge in [-0.2, -0.15) is 0 Å². The number of hydrogen-bond donors (Lipinski definition) is 1. The summed E-state index contributed by atoms with van der Waals surface area (Å²) in [6.07, 6.45) is 9.17. The highest BCUT2D eigenvalue weighted by Gasteiger charge is 2.56. The number of nitrogens with one attached hydrogen (secondary N) is 1. The molecule has 4 heterocycles. The van der Waals surface area contributed by atoms with Gasteiger partial charge in [0.15, 0.2) is 0 Å². The third kappa shape index (κ3) is 7.39. The Hall–Kier alpha value is -2.77. The van der Waals surface area contributed by atoms with E-state index >= 15 is 0 Å². The molecule has 1 N–H and O–H groups in total. The maximum absolute atomic E-state index is 14.7. The second-order valence-electron chi connectivity index (χ2n) is 18.2. The van der Waals surface area contributed by atoms with Crippen molar-refractivity contribution >= 4 is 33.2 Å². The van der Waals surface area contributed by atoms with Crippen molar-refractivity contribution in [2.24, 2.45) is 17.3 Å². The van der Waals surface area contributed by atoms with E-state index in [0.29, 0.717) is 56.5 Å². The zero-order valence-corrected chi connectivity index (χ0v) is 34.7. The first-order chi connectivity index (χ1) is 26.5. The largest absolute Gasteiger partial charge is 0.490 e. The molecule has 306 valence electrons. The number of nitrogens with zero attached hydrogens (tertiary/aromatic N) is 3. The molecule has 2 saturated heterocycles. The van der Waals surface area contributed by atoms with E-state index in [2.05, 4.69) is 50.6 Å². The quantitative estimate of drug-likeness (QED) is 0.330. The number of methoxy groups -OCH3 is 1. The van der Waals surface area contributed by atoms with Crippen molar-refractivity contribution in [3.05, 3.63) is 70.3 Å². The van der Waals surface area contributed by atoms with Gasteiger partial charge in [0.2, 0.25) is 10.0 Å². The molecule has 13 heteroatoms. The maximum atomic E-state index is 14.7. The summed E-state index contributed by atoms with van der Waals surface area (Å²) in [5, 5.41) is -0.137. The number of piperazine rings is 1. The Morgan fingerprint density at radius 2 is 1.88 bits per heavy atom. The number of aryl methyl sites for hydroxylation is 1. The predicted octanol–water partition coefficient (Wildman–Crippen LogP) is 7.07. The SMILES string of the molecule is CO[C@]1(CN2CCN3CCC(F)(F)C[C@@H]3C2)/C=C/C[C@H](C)[C@@H](C)S(=O)(=O)NC(=O)c2ccc3c(c2)N(CC2(C)CC[C@H]21)C[C@@]1(CCCc2cc(Cl)ccc21)CO3. The van der Waals surface area contributed by atoms with Crippen LogP contribution in [0, 0.1) is 17.3 Å². The second kappa shape index (κ2) is 14.8. The fraction of sp³-hybridized carbons (Fsp3) is 0.651. The van der Waals surface area contributed by atoms with Crippen molar-refractivity contribution in [1.82, 2.24) is 14.5 Å². The van der Waals surface area contributed by atoms with Crippen LogP contribution in [0.2, 0.25) is 5.02 Å². The maximum Gasteiger partial charge on any atom is 0.264 e. The third-order valence-corrected chi connectivity index (χ3v) is 16.7. The van der Waals surface area contributed by atoms with Crippen LogP contribution in [0.25, 0.3) is 0 Å². The highest BCUT2D eigenvalue weighted by atomic mass is 35.5. The Balaban J connectivity index is 1.20. The summed E-state index contributed by atoms with van der Waals surface area (Å²) in [5.74, 6) is -2.89. The average molecular weight is 815 g/mol. The monoisotopic (exact) mass is 814 g/mol. The lowest BCUT2D eigenvalue weighted by Gasteiger charge is -2.58. The number of sulfonamides is 1. The number of hydrogen-bond acceptors (Lipinski definition) is 8. The number of alkyl halides is 2. The third-order valence-electron chi connectivity index (χ3n) is 14.6. The number of ether oxygens (including phenoxy) is 2. The molecule has 1 saturated carbocycles. The number of halogens is 3. The van der Waals surface area contributed by atoms with Gasteiger partial charge in [0.25, 0.3) is 11.8 Å². The van der Waals surface area contributed by atoms with Gasteiger partial charge < -0.3 is 14.4 Å². The van der Waals surface area contributed by atoms with Crippen LogP contribution >= 0.6 is 11.6 Å². The van der Waals surface area contributed by atoms with E-state index in [1.807, 2.05) is 13.0 Å². The van der Waals surface area contributed by atoms with E-state index in [1.165, 1.54) is 11.1 Å². The number of carbonyl (C=O) groups is 1. The van der Waals surface area contributed by atoms with Crippen LogP contribution < -0.4 is 14.4 Å². The van der Waals surface area contributed by atoms with Crippen LogP contribution in [0.15, 0.2) is 48.6 Å². The first-order valence-corrected chi connectivity index (χ1v) is 22.4. The van der Waals surface area contributed by atoms with Gasteiger partial charge in [0.05, 0.1) is 17.5 Å². The number of benzene rings is 2. The summed E-state index contributed by atoms with van der Waals surface area (Å²) in [5.41, 5.74) is 2.15. The van der Waals surface area contributed by atoms with E-state index < -0.39 is 32.7 Å². The molecule has 1 unspecified atom stereocenters. The van der Waals surface area contributed by atoms with E-state index in [-0.39, 0.29) is 47.1 Å². The lowest BCUT2D eigenvalue weighted by molar-refractivity contribution is -0.139. The van der Waals surface area contributed by atoms with Crippen LogP contribution in [-0.2, 0) is 26.6 Å². The normalized spacial score (nSPS) is 36.5. The summed E-state index contributed by atoms with van der Waals surface area (Å²) in [7, 11) is -2.26. The van der Waals surface area contributed by atoms with Crippen molar-refractivity contribution in [3.8, 4) is 5.75 Å². The number of fused-ring (bicyclic) bond motifs is 5. The highest BCUT2D eigenvalue weighted by Crippen LogP contribution is 2.56. The zero-order chi connectivity index (χ0) is 39.7. The molecule has 0 aromatic heterocycles. The Morgan fingerprint density at radius 3 is 2.64 bits per heavy atom. The summed E-state index contributed by atoms with van der Waals surface area (Å²) < 4.78 is 72.5. The second-order valence-corrected chi connectivity index (χ2v) is 20.7. The Morgan fingerprint density at radius 1 is 1.05 bits per heavy atom. The van der Waals surface area contributed by atoms with Gasteiger partial charge in [-0.15, -0.1) is 0 Å². The van der Waals surface area contributed by atoms with Crippen molar-refractivity contribution in [1.29, 1.82) is 0 Å². The Kier molecular flexibility index (Phi) is 10.6. The van der Waals surface area contributed by atoms with Crippen LogP contribution in [0.5, 0.6) is 5.75 Å². The molecule has 6 aliphatic rings. The van der Waals surface area contributed by atoms with Crippen molar-refractivity contribution in [3.63, 3.8) is 0 Å². The first-order valence-electron chi connectivity index (χ1n) is 20.5. The van der Waals surface area contributed by atoms with Gasteiger partial charge in [-0.05, 0) is 104 Å². The van der Waals surface area contributed by atoms with E-state index in [1.54, 1.807) is 32.2 Å². The van der Waals surface area contributed by atoms with Gasteiger partial charge in [-0.3, -0.25) is 14.6 Å². The van der Waals surface area contributed by atoms with E-state index in [9.17, 15) is 22.0 Å². The molecule has 2 bridgehead atoms. The molecule has 0 radical (unpaired) electrons. The molecule has 9 nitrogen and oxygen atoms in total. The fourth-order valence-electron chi connectivity index (χ4n) is 11.0. The number of anilines is 1. The molecule has 2 aliphatic carbocycles. The van der Waals surface area contributed by atoms with Crippen LogP contribution in [-0.4, -0.2) is 106 Å². The average Bonchev–Trinajstić information content (AvgIpc) is 3.29. The summed E-state index contributed by atoms with van der Waals surface area (Å²) in [4.78, 5) is 20.6. The lowest BCUT2D eigenvalue weighted by Crippen LogP contribution is -2.64. The standard InChI is InChI=1S/C43H57ClF2N4O5S/c1-29-7-5-15-42(54-4,27-48-19-20-49-18-17-43(45,46)23-34(49)24-48)38-13-16-40(38,3)25-50-26-41(14-6-8-31-21-33(44)10-11-35(31)41)28-55-37-12-9-32(22-36(37)50)39(51)47-56(52,53)30(29)2/h5,9-12,15,21-22,29-30,34,38H,6-8,13-14,16-20,23-28H2,1-4H3,(H,47,51)/b15-5+/t29-,30+,34+,38+,40?,41-,42-/m0/s1. The number of allylic oxidation sites excluding steroid dienone is 1. The van der Waals surface area contributed by atoms with E-state index in [4.69, 9.17) is 21.1 Å². The summed E-state index contributed by atoms with van der Waals surface area (Å²) >= 11 is 6.51. The van der Waals surface area contributed by atoms with Crippen molar-refractivity contribution in [2.45, 2.75) is 100 Å². The minimum atomic E-state index is -4.03. The van der Waals surface area contributed by atoms with Crippen LogP contribution in [0.1, 0.15) is 87.2 Å². The summed E-state index contributed by atoms with van der Waals surface area (Å²) in [6.45, 7) is 10.6. The molecule has 7 atom stereocenters. The van der Waals surface area contributed by atoms with Crippen molar-refractivity contribution < 1.29 is 31.5 Å². The molecule has 56 heavy (non-hydrogen) atoms. The molecule has 1 spiro atoms. The number of amides is 1. The minimum absolute atomic E-state index is 0.0685. The Bertz CT molecular complexity index is 1980. The highest BCUT2D eigenvalue weighted by molar-refractivity contribution is 7.90. The summed E-state index contributed by atoms with van der Waals surface area (Å²) in [6, 6.07) is 11.2. The van der Waals surface area contributed by atoms with E-state index in [0.717, 1.165) is 50.9 Å². The van der Waals surface area contributed by atoms with Gasteiger partial charge >= 0.3 is 0 Å². The molecular formula is C43H57ClF2N4O5S. The van der Waals surface area contributed by atoms with Gasteiger partial charge in [-0.25, -0.2) is 21.9 Å². The molecular weight excluding hydrogens is 758 g/mol. The smallest absolute Gasteiger partial charge is 0.264 e. The first kappa shape index (κ1) is 40.0. The molecule has 1 amide bonds. The minimum Gasteiger partial charge on any atom is -0.490 e. The lowest BCUT2D eigenvalue weighted by atomic mass is 9.54. The van der Waals surface area contributed by atoms with Crippen molar-refractivity contribution in [2.75, 3.05) is 64.4 Å². The van der Waals surface area contributed by atoms with Crippen LogP contribution in [0.4, 0.5) is 14.5 Å². The number of carbonyl (C=O) groups excluding carboxylic acids is 1. The topological polar surface area (TPSA) is 91.4 Å². The fourth-order valence-corrected chi connectivity index (χ4v) is 12.5. The zero-order valence-electron chi connectivity index (χ0n) is 33.2. The molecule has 2 aromatic carbocycles.